The molecule has 0 radical (unpaired) electrons. The molecule has 0 aromatic rings. The van der Waals surface area contributed by atoms with Crippen molar-refractivity contribution in [1.29, 1.82) is 0 Å². The lowest BCUT2D eigenvalue weighted by molar-refractivity contribution is -0.153. The SMILES string of the molecule is CNNC(C)C(F)(F)F. The van der Waals surface area contributed by atoms with Gasteiger partial charge in [-0.25, -0.2) is 5.43 Å². The molecule has 0 aromatic carbocycles. The fourth-order valence-electron chi connectivity index (χ4n) is 0.298. The number of halogens is 3. The first-order valence-corrected chi connectivity index (χ1v) is 2.47. The second-order valence-corrected chi connectivity index (χ2v) is 1.66. The molecule has 0 aliphatic heterocycles. The molecule has 0 fully saturated rings. The molecule has 0 rings (SSSR count). The molecule has 1 atom stereocenters. The first-order chi connectivity index (χ1) is 3.98. The van der Waals surface area contributed by atoms with Crippen molar-refractivity contribution in [2.24, 2.45) is 0 Å². The van der Waals surface area contributed by atoms with Gasteiger partial charge in [-0.1, -0.05) is 0 Å². The molecule has 1 unspecified atom stereocenters. The minimum atomic E-state index is -4.16. The largest absolute Gasteiger partial charge is 0.404 e. The average Bonchev–Trinajstić information content (AvgIpc) is 1.64. The Hall–Kier alpha value is -0.290. The van der Waals surface area contributed by atoms with Gasteiger partial charge in [0, 0.05) is 0 Å². The van der Waals surface area contributed by atoms with Gasteiger partial charge >= 0.3 is 6.18 Å². The zero-order chi connectivity index (χ0) is 7.49. The van der Waals surface area contributed by atoms with Crippen LogP contribution in [-0.4, -0.2) is 19.3 Å². The van der Waals surface area contributed by atoms with Crippen molar-refractivity contribution in [3.8, 4) is 0 Å². The highest BCUT2D eigenvalue weighted by Gasteiger charge is 2.35. The fourth-order valence-corrected chi connectivity index (χ4v) is 0.298. The van der Waals surface area contributed by atoms with Gasteiger partial charge in [-0.15, -0.1) is 0 Å². The van der Waals surface area contributed by atoms with Crippen molar-refractivity contribution in [1.82, 2.24) is 10.9 Å². The van der Waals surface area contributed by atoms with E-state index in [4.69, 9.17) is 0 Å². The summed E-state index contributed by atoms with van der Waals surface area (Å²) in [6.07, 6.45) is -4.16. The maximum Gasteiger partial charge on any atom is 0.404 e. The molecule has 0 aliphatic carbocycles. The lowest BCUT2D eigenvalue weighted by Crippen LogP contribution is -2.45. The van der Waals surface area contributed by atoms with Gasteiger partial charge in [0.1, 0.15) is 6.04 Å². The Morgan fingerprint density at radius 3 is 1.89 bits per heavy atom. The van der Waals surface area contributed by atoms with Crippen LogP contribution in [0.3, 0.4) is 0 Å². The molecule has 2 N–H and O–H groups in total. The van der Waals surface area contributed by atoms with Gasteiger partial charge < -0.3 is 0 Å². The van der Waals surface area contributed by atoms with Gasteiger partial charge in [0.2, 0.25) is 0 Å². The van der Waals surface area contributed by atoms with Crippen molar-refractivity contribution < 1.29 is 13.2 Å². The first-order valence-electron chi connectivity index (χ1n) is 2.47. The average molecular weight is 142 g/mol. The highest BCUT2D eigenvalue weighted by molar-refractivity contribution is 4.65. The second-order valence-electron chi connectivity index (χ2n) is 1.66. The topological polar surface area (TPSA) is 24.1 Å². The van der Waals surface area contributed by atoms with Gasteiger partial charge in [-0.2, -0.15) is 13.2 Å². The van der Waals surface area contributed by atoms with Crippen LogP contribution in [0.25, 0.3) is 0 Å². The molecule has 56 valence electrons. The van der Waals surface area contributed by atoms with E-state index in [0.717, 1.165) is 6.92 Å². The maximum atomic E-state index is 11.5. The standard InChI is InChI=1S/C4H9F3N2/c1-3(9-8-2)4(5,6)7/h3,8-9H,1-2H3. The van der Waals surface area contributed by atoms with Crippen LogP contribution in [0.5, 0.6) is 0 Å². The van der Waals surface area contributed by atoms with E-state index in [1.165, 1.54) is 7.05 Å². The highest BCUT2D eigenvalue weighted by Crippen LogP contribution is 2.18. The van der Waals surface area contributed by atoms with E-state index >= 15 is 0 Å². The zero-order valence-electron chi connectivity index (χ0n) is 5.21. The molecular weight excluding hydrogens is 133 g/mol. The summed E-state index contributed by atoms with van der Waals surface area (Å²) in [6.45, 7) is 1.04. The zero-order valence-corrected chi connectivity index (χ0v) is 5.21. The summed E-state index contributed by atoms with van der Waals surface area (Å²) in [5.74, 6) is 0. The molecule has 9 heavy (non-hydrogen) atoms. The molecule has 0 bridgehead atoms. The van der Waals surface area contributed by atoms with Crippen molar-refractivity contribution in [3.63, 3.8) is 0 Å². The van der Waals surface area contributed by atoms with E-state index < -0.39 is 12.2 Å². The second kappa shape index (κ2) is 3.03. The lowest BCUT2D eigenvalue weighted by Gasteiger charge is -2.15. The Morgan fingerprint density at radius 1 is 1.33 bits per heavy atom. The third-order valence-electron chi connectivity index (χ3n) is 0.852. The van der Waals surface area contributed by atoms with E-state index in [1.807, 2.05) is 5.43 Å². The number of rotatable bonds is 2. The summed E-state index contributed by atoms with van der Waals surface area (Å²) in [6, 6.07) is -1.50. The Kier molecular flexibility index (Phi) is 2.93. The summed E-state index contributed by atoms with van der Waals surface area (Å²) in [5.41, 5.74) is 4.21. The summed E-state index contributed by atoms with van der Waals surface area (Å²) in [7, 11) is 1.39. The van der Waals surface area contributed by atoms with E-state index in [9.17, 15) is 13.2 Å². The van der Waals surface area contributed by atoms with Gasteiger partial charge in [-0.3, -0.25) is 5.43 Å². The Bertz CT molecular complexity index is 80.4. The number of hydrazine groups is 1. The van der Waals surface area contributed by atoms with Crippen molar-refractivity contribution in [2.45, 2.75) is 19.1 Å². The van der Waals surface area contributed by atoms with Crippen molar-refractivity contribution in [2.75, 3.05) is 7.05 Å². The van der Waals surface area contributed by atoms with Crippen LogP contribution in [0.1, 0.15) is 6.92 Å². The smallest absolute Gasteiger partial charge is 0.260 e. The minimum absolute atomic E-state index is 1.04. The summed E-state index contributed by atoms with van der Waals surface area (Å²) in [4.78, 5) is 0. The summed E-state index contributed by atoms with van der Waals surface area (Å²) in [5, 5.41) is 0. The molecule has 0 spiro atoms. The molecular formula is C4H9F3N2. The normalized spacial score (nSPS) is 15.7. The van der Waals surface area contributed by atoms with Crippen LogP contribution in [0, 0.1) is 0 Å². The van der Waals surface area contributed by atoms with Crippen molar-refractivity contribution >= 4 is 0 Å². The highest BCUT2D eigenvalue weighted by atomic mass is 19.4. The number of alkyl halides is 3. The predicted octanol–water partition coefficient (Wildman–Crippen LogP) is 0.661. The van der Waals surface area contributed by atoms with Crippen LogP contribution in [0.2, 0.25) is 0 Å². The molecule has 2 nitrogen and oxygen atoms in total. The monoisotopic (exact) mass is 142 g/mol. The van der Waals surface area contributed by atoms with Crippen LogP contribution in [0.15, 0.2) is 0 Å². The van der Waals surface area contributed by atoms with Gasteiger partial charge in [-0.05, 0) is 14.0 Å². The minimum Gasteiger partial charge on any atom is -0.260 e. The quantitative estimate of drug-likeness (QED) is 0.553. The fraction of sp³-hybridized carbons (Fsp3) is 1.00. The van der Waals surface area contributed by atoms with Gasteiger partial charge in [0.25, 0.3) is 0 Å². The Labute approximate surface area is 51.4 Å². The molecule has 0 saturated carbocycles. The van der Waals surface area contributed by atoms with E-state index in [2.05, 4.69) is 5.43 Å². The number of nitrogens with one attached hydrogen (secondary N) is 2. The molecule has 0 aliphatic rings. The Balaban J connectivity index is 3.59. The summed E-state index contributed by atoms with van der Waals surface area (Å²) < 4.78 is 34.6. The van der Waals surface area contributed by atoms with Crippen LogP contribution >= 0.6 is 0 Å². The molecule has 0 amide bonds. The van der Waals surface area contributed by atoms with Crippen molar-refractivity contribution in [3.05, 3.63) is 0 Å². The van der Waals surface area contributed by atoms with E-state index in [0.29, 0.717) is 0 Å². The predicted molar refractivity (Wildman–Crippen MR) is 27.7 cm³/mol. The van der Waals surface area contributed by atoms with E-state index in [1.54, 1.807) is 0 Å². The molecule has 0 aromatic heterocycles. The van der Waals surface area contributed by atoms with Gasteiger partial charge in [0.15, 0.2) is 0 Å². The molecule has 0 heterocycles. The number of hydrogen-bond acceptors (Lipinski definition) is 2. The Morgan fingerprint density at radius 2 is 1.78 bits per heavy atom. The van der Waals surface area contributed by atoms with E-state index in [-0.39, 0.29) is 0 Å². The molecule has 5 heteroatoms. The molecule has 0 saturated heterocycles. The summed E-state index contributed by atoms with van der Waals surface area (Å²) >= 11 is 0. The number of hydrogen-bond donors (Lipinski definition) is 2. The maximum absolute atomic E-state index is 11.5. The van der Waals surface area contributed by atoms with Crippen LogP contribution in [-0.2, 0) is 0 Å². The van der Waals surface area contributed by atoms with Crippen LogP contribution < -0.4 is 10.9 Å². The van der Waals surface area contributed by atoms with Gasteiger partial charge in [0.05, 0.1) is 0 Å². The third-order valence-corrected chi connectivity index (χ3v) is 0.852. The lowest BCUT2D eigenvalue weighted by atomic mass is 10.3. The third kappa shape index (κ3) is 3.31. The first kappa shape index (κ1) is 8.71. The van der Waals surface area contributed by atoms with Crippen LogP contribution in [0.4, 0.5) is 13.2 Å².